The summed E-state index contributed by atoms with van der Waals surface area (Å²) < 4.78 is 1.43. The molecule has 77 valence electrons. The van der Waals surface area contributed by atoms with Gasteiger partial charge in [0.2, 0.25) is 0 Å². The zero-order valence-corrected chi connectivity index (χ0v) is 9.04. The summed E-state index contributed by atoms with van der Waals surface area (Å²) in [5.74, 6) is 0. The predicted octanol–water partition coefficient (Wildman–Crippen LogP) is 2.44. The SMILES string of the molecule is Cln1[c]nc2c(N3CCCC3)cccc21. The van der Waals surface area contributed by atoms with Gasteiger partial charge >= 0.3 is 0 Å². The number of hydrogen-bond acceptors (Lipinski definition) is 2. The van der Waals surface area contributed by atoms with Crippen molar-refractivity contribution in [3.8, 4) is 0 Å². The minimum atomic E-state index is 0.932. The van der Waals surface area contributed by atoms with Crippen LogP contribution in [0.25, 0.3) is 11.0 Å². The van der Waals surface area contributed by atoms with E-state index in [1.165, 1.54) is 22.6 Å². The topological polar surface area (TPSA) is 21.1 Å². The van der Waals surface area contributed by atoms with Crippen molar-refractivity contribution in [2.45, 2.75) is 12.8 Å². The van der Waals surface area contributed by atoms with Crippen LogP contribution in [0, 0.1) is 6.33 Å². The standard InChI is InChI=1S/C11H11ClN3/c12-15-8-13-11-9(4-3-5-10(11)15)14-6-1-2-7-14/h3-5H,1-2,6-7H2. The average molecular weight is 221 g/mol. The molecule has 15 heavy (non-hydrogen) atoms. The van der Waals surface area contributed by atoms with Crippen LogP contribution in [0.5, 0.6) is 0 Å². The van der Waals surface area contributed by atoms with Crippen molar-refractivity contribution in [3.63, 3.8) is 0 Å². The molecule has 0 saturated carbocycles. The number of imidazole rings is 1. The van der Waals surface area contributed by atoms with E-state index in [1.54, 1.807) is 0 Å². The van der Waals surface area contributed by atoms with Crippen LogP contribution in [0.1, 0.15) is 12.8 Å². The molecule has 2 aromatic rings. The summed E-state index contributed by atoms with van der Waals surface area (Å²) in [4.78, 5) is 6.59. The van der Waals surface area contributed by atoms with E-state index in [0.717, 1.165) is 24.1 Å². The molecule has 0 aliphatic carbocycles. The molecule has 0 amide bonds. The second-order valence-corrected chi connectivity index (χ2v) is 4.17. The van der Waals surface area contributed by atoms with Crippen LogP contribution < -0.4 is 4.90 Å². The maximum absolute atomic E-state index is 5.93. The summed E-state index contributed by atoms with van der Waals surface area (Å²) in [6, 6.07) is 6.08. The number of aromatic nitrogens is 2. The number of nitrogens with zero attached hydrogens (tertiary/aromatic N) is 3. The lowest BCUT2D eigenvalue weighted by Crippen LogP contribution is -2.17. The van der Waals surface area contributed by atoms with Gasteiger partial charge in [-0.15, -0.1) is 0 Å². The van der Waals surface area contributed by atoms with E-state index in [-0.39, 0.29) is 0 Å². The van der Waals surface area contributed by atoms with Gasteiger partial charge in [-0.3, -0.25) is 0 Å². The van der Waals surface area contributed by atoms with E-state index in [2.05, 4.69) is 22.3 Å². The highest BCUT2D eigenvalue weighted by Crippen LogP contribution is 2.28. The van der Waals surface area contributed by atoms with Gasteiger partial charge in [0.05, 0.1) is 11.2 Å². The first-order valence-corrected chi connectivity index (χ1v) is 5.50. The van der Waals surface area contributed by atoms with Gasteiger partial charge in [-0.25, -0.2) is 9.07 Å². The van der Waals surface area contributed by atoms with Crippen LogP contribution in [0.15, 0.2) is 18.2 Å². The quantitative estimate of drug-likeness (QED) is 0.736. The van der Waals surface area contributed by atoms with E-state index < -0.39 is 0 Å². The Morgan fingerprint density at radius 2 is 2.07 bits per heavy atom. The van der Waals surface area contributed by atoms with E-state index in [4.69, 9.17) is 11.8 Å². The lowest BCUT2D eigenvalue weighted by atomic mass is 10.2. The number of hydrogen-bond donors (Lipinski definition) is 0. The summed E-state index contributed by atoms with van der Waals surface area (Å²) in [6.45, 7) is 2.24. The molecular formula is C11H11ClN3. The summed E-state index contributed by atoms with van der Waals surface area (Å²) in [7, 11) is 0. The molecule has 2 heterocycles. The Bertz CT molecular complexity index is 486. The molecule has 0 spiro atoms. The van der Waals surface area contributed by atoms with Crippen LogP contribution in [0.4, 0.5) is 5.69 Å². The molecule has 3 nitrogen and oxygen atoms in total. The molecule has 1 fully saturated rings. The van der Waals surface area contributed by atoms with Crippen molar-refractivity contribution >= 4 is 28.5 Å². The van der Waals surface area contributed by atoms with Gasteiger partial charge in [0.25, 0.3) is 0 Å². The maximum Gasteiger partial charge on any atom is 0.193 e. The minimum absolute atomic E-state index is 0.932. The minimum Gasteiger partial charge on any atom is -0.370 e. The van der Waals surface area contributed by atoms with Gasteiger partial charge in [0, 0.05) is 24.9 Å². The molecule has 0 bridgehead atoms. The largest absolute Gasteiger partial charge is 0.370 e. The molecule has 1 saturated heterocycles. The zero-order valence-electron chi connectivity index (χ0n) is 8.28. The lowest BCUT2D eigenvalue weighted by Gasteiger charge is -2.17. The van der Waals surface area contributed by atoms with Crippen LogP contribution in [-0.2, 0) is 0 Å². The molecular weight excluding hydrogens is 210 g/mol. The molecule has 0 unspecified atom stereocenters. The monoisotopic (exact) mass is 220 g/mol. The third-order valence-corrected chi connectivity index (χ3v) is 3.16. The summed E-state index contributed by atoms with van der Waals surface area (Å²) in [5, 5.41) is 0. The number of fused-ring (bicyclic) bond motifs is 1. The van der Waals surface area contributed by atoms with Crippen molar-refractivity contribution < 1.29 is 0 Å². The summed E-state index contributed by atoms with van der Waals surface area (Å²) in [6.07, 6.45) is 5.28. The van der Waals surface area contributed by atoms with E-state index in [9.17, 15) is 0 Å². The van der Waals surface area contributed by atoms with E-state index >= 15 is 0 Å². The van der Waals surface area contributed by atoms with Gasteiger partial charge in [0.15, 0.2) is 6.33 Å². The molecule has 3 rings (SSSR count). The highest BCUT2D eigenvalue weighted by atomic mass is 35.5. The molecule has 0 N–H and O–H groups in total. The number of benzene rings is 1. The molecule has 1 aliphatic rings. The second kappa shape index (κ2) is 3.42. The van der Waals surface area contributed by atoms with Gasteiger partial charge in [0.1, 0.15) is 5.52 Å². The first kappa shape index (κ1) is 9.04. The molecule has 4 heteroatoms. The Hall–Kier alpha value is -1.22. The molecule has 1 aromatic heterocycles. The fourth-order valence-corrected chi connectivity index (χ4v) is 2.33. The number of rotatable bonds is 1. The predicted molar refractivity (Wildman–Crippen MR) is 61.3 cm³/mol. The highest BCUT2D eigenvalue weighted by Gasteiger charge is 2.16. The number of anilines is 1. The maximum atomic E-state index is 5.93. The Morgan fingerprint density at radius 1 is 1.27 bits per heavy atom. The van der Waals surface area contributed by atoms with Gasteiger partial charge in [-0.1, -0.05) is 6.07 Å². The van der Waals surface area contributed by atoms with Crippen LogP contribution in [-0.4, -0.2) is 22.2 Å². The normalized spacial score (nSPS) is 16.5. The lowest BCUT2D eigenvalue weighted by molar-refractivity contribution is 0.949. The fraction of sp³-hybridized carbons (Fsp3) is 0.364. The van der Waals surface area contributed by atoms with E-state index in [1.807, 2.05) is 12.1 Å². The Balaban J connectivity index is 2.17. The summed E-state index contributed by atoms with van der Waals surface area (Å²) >= 11 is 5.93. The summed E-state index contributed by atoms with van der Waals surface area (Å²) in [5.41, 5.74) is 3.07. The van der Waals surface area contributed by atoms with Crippen LogP contribution in [0.2, 0.25) is 0 Å². The third-order valence-electron chi connectivity index (χ3n) is 2.90. The zero-order chi connectivity index (χ0) is 10.3. The smallest absolute Gasteiger partial charge is 0.193 e. The molecule has 0 atom stereocenters. The number of halogens is 1. The number of para-hydroxylation sites is 1. The van der Waals surface area contributed by atoms with Crippen molar-refractivity contribution in [2.24, 2.45) is 0 Å². The molecule has 1 aliphatic heterocycles. The first-order valence-electron chi connectivity index (χ1n) is 5.16. The van der Waals surface area contributed by atoms with Gasteiger partial charge in [-0.2, -0.15) is 0 Å². The molecule has 1 aromatic carbocycles. The van der Waals surface area contributed by atoms with E-state index in [0.29, 0.717) is 0 Å². The van der Waals surface area contributed by atoms with Crippen molar-refractivity contribution in [1.82, 2.24) is 9.07 Å². The van der Waals surface area contributed by atoms with Crippen molar-refractivity contribution in [2.75, 3.05) is 18.0 Å². The van der Waals surface area contributed by atoms with Crippen molar-refractivity contribution in [1.29, 1.82) is 0 Å². The van der Waals surface area contributed by atoms with Crippen LogP contribution in [0.3, 0.4) is 0 Å². The van der Waals surface area contributed by atoms with Gasteiger partial charge < -0.3 is 4.90 Å². The first-order chi connectivity index (χ1) is 7.36. The van der Waals surface area contributed by atoms with Crippen molar-refractivity contribution in [3.05, 3.63) is 24.5 Å². The Morgan fingerprint density at radius 3 is 2.87 bits per heavy atom. The van der Waals surface area contributed by atoms with Crippen LogP contribution >= 0.6 is 11.8 Å². The Labute approximate surface area is 93.4 Å². The Kier molecular flexibility index (Phi) is 2.06. The second-order valence-electron chi connectivity index (χ2n) is 3.83. The highest BCUT2D eigenvalue weighted by molar-refractivity contribution is 6.19. The van der Waals surface area contributed by atoms with Gasteiger partial charge in [-0.05, 0) is 25.0 Å². The molecule has 1 radical (unpaired) electrons. The average Bonchev–Trinajstić information content (AvgIpc) is 2.88. The third kappa shape index (κ3) is 1.38. The fourth-order valence-electron chi connectivity index (χ4n) is 2.15.